The molecule has 4 nitrogen and oxygen atoms in total. The molecule has 0 atom stereocenters. The second-order valence-corrected chi connectivity index (χ2v) is 7.02. The summed E-state index contributed by atoms with van der Waals surface area (Å²) in [7, 11) is 0. The van der Waals surface area contributed by atoms with Crippen molar-refractivity contribution >= 4 is 11.8 Å². The summed E-state index contributed by atoms with van der Waals surface area (Å²) in [6.45, 7) is 3.92. The summed E-state index contributed by atoms with van der Waals surface area (Å²) in [6, 6.07) is 18.0. The minimum Gasteiger partial charge on any atom is -0.352 e. The molecule has 1 aliphatic heterocycles. The second kappa shape index (κ2) is 8.65. The topological polar surface area (TPSA) is 49.4 Å². The van der Waals surface area contributed by atoms with Crippen LogP contribution in [0.25, 0.3) is 0 Å². The Labute approximate surface area is 155 Å². The number of hydrogen-bond acceptors (Lipinski definition) is 2. The summed E-state index contributed by atoms with van der Waals surface area (Å²) in [4.78, 5) is 26.7. The number of carbonyl (C=O) groups is 2. The highest BCUT2D eigenvalue weighted by atomic mass is 16.2. The van der Waals surface area contributed by atoms with Gasteiger partial charge >= 0.3 is 0 Å². The summed E-state index contributed by atoms with van der Waals surface area (Å²) in [6.07, 6.45) is 1.91. The molecule has 2 aromatic rings. The fourth-order valence-electron chi connectivity index (χ4n) is 3.31. The van der Waals surface area contributed by atoms with Gasteiger partial charge in [0.1, 0.15) is 0 Å². The normalized spacial score (nSPS) is 14.9. The third-order valence-electron chi connectivity index (χ3n) is 5.00. The Balaban J connectivity index is 1.43. The van der Waals surface area contributed by atoms with E-state index in [-0.39, 0.29) is 17.7 Å². The van der Waals surface area contributed by atoms with Crippen LogP contribution in [-0.2, 0) is 22.6 Å². The van der Waals surface area contributed by atoms with Crippen LogP contribution >= 0.6 is 0 Å². The van der Waals surface area contributed by atoms with Crippen molar-refractivity contribution < 1.29 is 9.59 Å². The number of amides is 2. The molecule has 1 heterocycles. The monoisotopic (exact) mass is 350 g/mol. The average Bonchev–Trinajstić information content (AvgIpc) is 2.69. The van der Waals surface area contributed by atoms with Gasteiger partial charge in [-0.1, -0.05) is 60.2 Å². The largest absolute Gasteiger partial charge is 0.352 e. The molecule has 2 aromatic carbocycles. The van der Waals surface area contributed by atoms with Crippen LogP contribution < -0.4 is 5.32 Å². The molecule has 26 heavy (non-hydrogen) atoms. The van der Waals surface area contributed by atoms with E-state index in [0.717, 1.165) is 24.0 Å². The Morgan fingerprint density at radius 2 is 1.62 bits per heavy atom. The number of benzene rings is 2. The van der Waals surface area contributed by atoms with Gasteiger partial charge < -0.3 is 10.2 Å². The number of rotatable bonds is 5. The first-order valence-corrected chi connectivity index (χ1v) is 9.27. The van der Waals surface area contributed by atoms with Crippen molar-refractivity contribution in [1.82, 2.24) is 10.2 Å². The lowest BCUT2D eigenvalue weighted by atomic mass is 9.95. The highest BCUT2D eigenvalue weighted by Crippen LogP contribution is 2.18. The molecule has 4 heteroatoms. The number of hydrogen-bond donors (Lipinski definition) is 1. The van der Waals surface area contributed by atoms with Gasteiger partial charge in [0, 0.05) is 25.6 Å². The third kappa shape index (κ3) is 4.94. The molecule has 0 saturated carbocycles. The van der Waals surface area contributed by atoms with Gasteiger partial charge in [0.15, 0.2) is 0 Å². The maximum atomic E-state index is 12.5. The van der Waals surface area contributed by atoms with E-state index >= 15 is 0 Å². The maximum absolute atomic E-state index is 12.5. The Bertz CT molecular complexity index is 732. The van der Waals surface area contributed by atoms with Crippen LogP contribution in [-0.4, -0.2) is 29.8 Å². The van der Waals surface area contributed by atoms with Gasteiger partial charge in [0.2, 0.25) is 11.8 Å². The molecule has 2 amide bonds. The number of nitrogens with one attached hydrogen (secondary N) is 1. The van der Waals surface area contributed by atoms with E-state index in [0.29, 0.717) is 26.1 Å². The van der Waals surface area contributed by atoms with E-state index in [9.17, 15) is 9.59 Å². The van der Waals surface area contributed by atoms with Gasteiger partial charge in [0.05, 0.1) is 6.42 Å². The molecule has 0 spiro atoms. The zero-order chi connectivity index (χ0) is 18.4. The average molecular weight is 350 g/mol. The van der Waals surface area contributed by atoms with Crippen LogP contribution in [0, 0.1) is 12.8 Å². The molecule has 1 aliphatic rings. The maximum Gasteiger partial charge on any atom is 0.226 e. The summed E-state index contributed by atoms with van der Waals surface area (Å²) in [5, 5.41) is 3.02. The van der Waals surface area contributed by atoms with Gasteiger partial charge in [-0.15, -0.1) is 0 Å². The van der Waals surface area contributed by atoms with Crippen molar-refractivity contribution in [2.24, 2.45) is 5.92 Å². The molecule has 3 rings (SSSR count). The Morgan fingerprint density at radius 3 is 2.27 bits per heavy atom. The lowest BCUT2D eigenvalue weighted by molar-refractivity contribution is -0.135. The molecule has 0 radical (unpaired) electrons. The van der Waals surface area contributed by atoms with Crippen LogP contribution in [0.4, 0.5) is 0 Å². The lowest BCUT2D eigenvalue weighted by Crippen LogP contribution is -2.43. The lowest BCUT2D eigenvalue weighted by Gasteiger charge is -2.31. The van der Waals surface area contributed by atoms with E-state index in [1.165, 1.54) is 5.56 Å². The molecule has 1 saturated heterocycles. The second-order valence-electron chi connectivity index (χ2n) is 7.02. The predicted molar refractivity (Wildman–Crippen MR) is 102 cm³/mol. The van der Waals surface area contributed by atoms with E-state index in [1.54, 1.807) is 0 Å². The summed E-state index contributed by atoms with van der Waals surface area (Å²) in [5.41, 5.74) is 3.35. The van der Waals surface area contributed by atoms with Crippen molar-refractivity contribution in [3.05, 3.63) is 71.3 Å². The summed E-state index contributed by atoms with van der Waals surface area (Å²) in [5.74, 6) is 0.249. The minimum absolute atomic E-state index is 0.00198. The molecule has 136 valence electrons. The van der Waals surface area contributed by atoms with Crippen molar-refractivity contribution in [3.63, 3.8) is 0 Å². The summed E-state index contributed by atoms with van der Waals surface area (Å²) < 4.78 is 0. The van der Waals surface area contributed by atoms with Crippen LogP contribution in [0.2, 0.25) is 0 Å². The first-order chi connectivity index (χ1) is 12.6. The first-order valence-electron chi connectivity index (χ1n) is 9.27. The van der Waals surface area contributed by atoms with Gasteiger partial charge in [0.25, 0.3) is 0 Å². The summed E-state index contributed by atoms with van der Waals surface area (Å²) >= 11 is 0. The zero-order valence-corrected chi connectivity index (χ0v) is 15.3. The molecule has 1 fully saturated rings. The van der Waals surface area contributed by atoms with E-state index in [1.807, 2.05) is 66.4 Å². The Morgan fingerprint density at radius 1 is 0.962 bits per heavy atom. The van der Waals surface area contributed by atoms with Crippen LogP contribution in [0.1, 0.15) is 29.5 Å². The highest BCUT2D eigenvalue weighted by Gasteiger charge is 2.27. The molecule has 0 bridgehead atoms. The quantitative estimate of drug-likeness (QED) is 0.901. The van der Waals surface area contributed by atoms with Crippen molar-refractivity contribution in [1.29, 1.82) is 0 Å². The first kappa shape index (κ1) is 18.2. The molecule has 0 aliphatic carbocycles. The number of piperidine rings is 1. The van der Waals surface area contributed by atoms with Gasteiger partial charge in [-0.25, -0.2) is 0 Å². The smallest absolute Gasteiger partial charge is 0.226 e. The fourth-order valence-corrected chi connectivity index (χ4v) is 3.31. The van der Waals surface area contributed by atoms with Crippen molar-refractivity contribution in [2.45, 2.75) is 32.7 Å². The van der Waals surface area contributed by atoms with Crippen LogP contribution in [0.3, 0.4) is 0 Å². The van der Waals surface area contributed by atoms with Gasteiger partial charge in [-0.3, -0.25) is 9.59 Å². The molecule has 1 N–H and O–H groups in total. The number of carbonyl (C=O) groups excluding carboxylic acids is 2. The highest BCUT2D eigenvalue weighted by molar-refractivity contribution is 5.81. The Kier molecular flexibility index (Phi) is 6.05. The van der Waals surface area contributed by atoms with Crippen LogP contribution in [0.15, 0.2) is 54.6 Å². The number of aryl methyl sites for hydroxylation is 1. The number of likely N-dealkylation sites (tertiary alicyclic amines) is 1. The minimum atomic E-state index is 0.00198. The van der Waals surface area contributed by atoms with Crippen molar-refractivity contribution in [2.75, 3.05) is 13.1 Å². The third-order valence-corrected chi connectivity index (χ3v) is 5.00. The fraction of sp³-hybridized carbons (Fsp3) is 0.364. The number of nitrogens with zero attached hydrogens (tertiary/aromatic N) is 1. The van der Waals surface area contributed by atoms with E-state index in [2.05, 4.69) is 5.32 Å². The van der Waals surface area contributed by atoms with Gasteiger partial charge in [-0.2, -0.15) is 0 Å². The molecule has 0 unspecified atom stereocenters. The zero-order valence-electron chi connectivity index (χ0n) is 15.3. The van der Waals surface area contributed by atoms with E-state index in [4.69, 9.17) is 0 Å². The molecular weight excluding hydrogens is 324 g/mol. The predicted octanol–water partition coefficient (Wildman–Crippen LogP) is 3.09. The Hall–Kier alpha value is -2.62. The van der Waals surface area contributed by atoms with Crippen molar-refractivity contribution in [3.8, 4) is 0 Å². The van der Waals surface area contributed by atoms with E-state index < -0.39 is 0 Å². The SMILES string of the molecule is Cc1ccc(CC(=O)N2CCC(C(=O)NCc3ccccc3)CC2)cc1. The molecular formula is C22H26N2O2. The van der Waals surface area contributed by atoms with Crippen LogP contribution in [0.5, 0.6) is 0 Å². The standard InChI is InChI=1S/C22H26N2O2/c1-17-7-9-18(10-8-17)15-21(25)24-13-11-20(12-14-24)22(26)23-16-19-5-3-2-4-6-19/h2-10,20H,11-16H2,1H3,(H,23,26). The van der Waals surface area contributed by atoms with Gasteiger partial charge in [-0.05, 0) is 30.9 Å². The molecule has 0 aromatic heterocycles.